The summed E-state index contributed by atoms with van der Waals surface area (Å²) in [6.45, 7) is 1.75. The van der Waals surface area contributed by atoms with E-state index in [1.165, 1.54) is 12.8 Å². The van der Waals surface area contributed by atoms with E-state index < -0.39 is 0 Å². The minimum Gasteiger partial charge on any atom is -0.316 e. The van der Waals surface area contributed by atoms with Gasteiger partial charge in [-0.3, -0.25) is 4.79 Å². The Hall–Kier alpha value is -0.940. The van der Waals surface area contributed by atoms with Gasteiger partial charge in [0.05, 0.1) is 11.6 Å². The molecule has 0 radical (unpaired) electrons. The largest absolute Gasteiger partial charge is 0.316 e. The van der Waals surface area contributed by atoms with Crippen molar-refractivity contribution in [2.75, 3.05) is 18.4 Å². The molecule has 86 valence electrons. The molecule has 1 amide bonds. The van der Waals surface area contributed by atoms with Crippen molar-refractivity contribution in [2.45, 2.75) is 25.2 Å². The third kappa shape index (κ3) is 2.10. The van der Waals surface area contributed by atoms with Crippen molar-refractivity contribution < 1.29 is 4.79 Å². The summed E-state index contributed by atoms with van der Waals surface area (Å²) in [6.07, 6.45) is 3.44. The lowest BCUT2D eigenvalue weighted by Crippen LogP contribution is -2.24. The van der Waals surface area contributed by atoms with Crippen LogP contribution < -0.4 is 10.6 Å². The van der Waals surface area contributed by atoms with Crippen LogP contribution in [0.3, 0.4) is 0 Å². The Morgan fingerprint density at radius 3 is 3.06 bits per heavy atom. The average molecular weight is 237 g/mol. The lowest BCUT2D eigenvalue weighted by molar-refractivity contribution is -0.119. The number of amides is 1. The maximum Gasteiger partial charge on any atom is 0.230 e. The van der Waals surface area contributed by atoms with Crippen LogP contribution in [0.5, 0.6) is 0 Å². The Balaban J connectivity index is 1.61. The molecular weight excluding hydrogens is 222 g/mol. The fraction of sp³-hybridized carbons (Fsp3) is 0.636. The highest BCUT2D eigenvalue weighted by Gasteiger charge is 2.27. The van der Waals surface area contributed by atoms with Crippen molar-refractivity contribution >= 4 is 22.4 Å². The van der Waals surface area contributed by atoms with E-state index in [1.807, 2.05) is 0 Å². The normalized spacial score (nSPS) is 24.6. The van der Waals surface area contributed by atoms with Crippen LogP contribution >= 0.6 is 11.3 Å². The van der Waals surface area contributed by atoms with Gasteiger partial charge in [-0.25, -0.2) is 4.98 Å². The summed E-state index contributed by atoms with van der Waals surface area (Å²) in [4.78, 5) is 16.3. The van der Waals surface area contributed by atoms with Crippen LogP contribution in [-0.4, -0.2) is 24.0 Å². The van der Waals surface area contributed by atoms with Crippen LogP contribution in [0.15, 0.2) is 5.38 Å². The molecule has 1 atom stereocenters. The molecule has 0 bridgehead atoms. The van der Waals surface area contributed by atoms with Gasteiger partial charge in [-0.15, -0.1) is 11.3 Å². The molecule has 0 spiro atoms. The van der Waals surface area contributed by atoms with Crippen molar-refractivity contribution in [2.24, 2.45) is 5.92 Å². The number of rotatable bonds is 3. The molecule has 2 aliphatic rings. The summed E-state index contributed by atoms with van der Waals surface area (Å²) in [5, 5.41) is 8.94. The first-order chi connectivity index (χ1) is 7.83. The third-order valence-corrected chi connectivity index (χ3v) is 3.95. The van der Waals surface area contributed by atoms with Gasteiger partial charge in [0.25, 0.3) is 0 Å². The standard InChI is InChI=1S/C11H15N3OS/c15-10(8-3-4-12-5-8)14-11-13-9(6-16-11)7-1-2-7/h6-8,12H,1-5H2,(H,13,14,15). The zero-order valence-corrected chi connectivity index (χ0v) is 9.85. The summed E-state index contributed by atoms with van der Waals surface area (Å²) in [6, 6.07) is 0. The molecule has 16 heavy (non-hydrogen) atoms. The van der Waals surface area contributed by atoms with E-state index in [2.05, 4.69) is 21.0 Å². The first kappa shape index (κ1) is 10.2. The maximum atomic E-state index is 11.8. The highest BCUT2D eigenvalue weighted by molar-refractivity contribution is 7.13. The van der Waals surface area contributed by atoms with Gasteiger partial charge in [0.1, 0.15) is 0 Å². The molecule has 1 aromatic rings. The lowest BCUT2D eigenvalue weighted by Gasteiger charge is -2.06. The van der Waals surface area contributed by atoms with Crippen LogP contribution in [0, 0.1) is 5.92 Å². The van der Waals surface area contributed by atoms with Crippen LogP contribution in [-0.2, 0) is 4.79 Å². The smallest absolute Gasteiger partial charge is 0.230 e. The highest BCUT2D eigenvalue weighted by atomic mass is 32.1. The lowest BCUT2D eigenvalue weighted by atomic mass is 10.1. The number of thiazole rings is 1. The molecule has 5 heteroatoms. The molecule has 4 nitrogen and oxygen atoms in total. The van der Waals surface area contributed by atoms with Gasteiger partial charge in [0.15, 0.2) is 5.13 Å². The van der Waals surface area contributed by atoms with Gasteiger partial charge in [-0.1, -0.05) is 0 Å². The van der Waals surface area contributed by atoms with Gasteiger partial charge < -0.3 is 10.6 Å². The van der Waals surface area contributed by atoms with Crippen LogP contribution in [0.2, 0.25) is 0 Å². The maximum absolute atomic E-state index is 11.8. The summed E-state index contributed by atoms with van der Waals surface area (Å²) in [5.74, 6) is 0.894. The molecule has 1 aromatic heterocycles. The quantitative estimate of drug-likeness (QED) is 0.839. The van der Waals surface area contributed by atoms with Gasteiger partial charge in [0.2, 0.25) is 5.91 Å². The second-order valence-corrected chi connectivity index (χ2v) is 5.39. The van der Waals surface area contributed by atoms with E-state index >= 15 is 0 Å². The van der Waals surface area contributed by atoms with Crippen molar-refractivity contribution in [3.63, 3.8) is 0 Å². The van der Waals surface area contributed by atoms with E-state index in [1.54, 1.807) is 11.3 Å². The third-order valence-electron chi connectivity index (χ3n) is 3.18. The molecule has 1 saturated heterocycles. The average Bonchev–Trinajstić information content (AvgIpc) is 2.82. The van der Waals surface area contributed by atoms with Gasteiger partial charge in [-0.2, -0.15) is 0 Å². The van der Waals surface area contributed by atoms with Gasteiger partial charge in [-0.05, 0) is 25.8 Å². The zero-order chi connectivity index (χ0) is 11.0. The Bertz CT molecular complexity index is 394. The number of anilines is 1. The number of carbonyl (C=O) groups is 1. The molecule has 0 aromatic carbocycles. The second kappa shape index (κ2) is 4.14. The van der Waals surface area contributed by atoms with Crippen LogP contribution in [0.4, 0.5) is 5.13 Å². The second-order valence-electron chi connectivity index (χ2n) is 4.53. The fourth-order valence-corrected chi connectivity index (χ4v) is 2.79. The topological polar surface area (TPSA) is 54.0 Å². The van der Waals surface area contributed by atoms with Crippen LogP contribution in [0.1, 0.15) is 30.9 Å². The van der Waals surface area contributed by atoms with Gasteiger partial charge in [0, 0.05) is 17.8 Å². The minimum absolute atomic E-state index is 0.113. The predicted octanol–water partition coefficient (Wildman–Crippen LogP) is 1.57. The fourth-order valence-electron chi connectivity index (χ4n) is 2.00. The molecule has 1 unspecified atom stereocenters. The SMILES string of the molecule is O=C(Nc1nc(C2CC2)cs1)C1CCNC1. The molecule has 1 saturated carbocycles. The monoisotopic (exact) mass is 237 g/mol. The summed E-state index contributed by atoms with van der Waals surface area (Å²) >= 11 is 1.54. The molecule has 2 N–H and O–H groups in total. The summed E-state index contributed by atoms with van der Waals surface area (Å²) in [7, 11) is 0. The number of carbonyl (C=O) groups excluding carboxylic acids is 1. The van der Waals surface area contributed by atoms with Crippen molar-refractivity contribution in [3.05, 3.63) is 11.1 Å². The van der Waals surface area contributed by atoms with Crippen molar-refractivity contribution in [3.8, 4) is 0 Å². The van der Waals surface area contributed by atoms with Crippen LogP contribution in [0.25, 0.3) is 0 Å². The first-order valence-corrected chi connectivity index (χ1v) is 6.68. The number of nitrogens with one attached hydrogen (secondary N) is 2. The molecule has 2 heterocycles. The highest BCUT2D eigenvalue weighted by Crippen LogP contribution is 2.40. The Morgan fingerprint density at radius 1 is 1.50 bits per heavy atom. The first-order valence-electron chi connectivity index (χ1n) is 5.80. The number of hydrogen-bond acceptors (Lipinski definition) is 4. The molecular formula is C11H15N3OS. The molecule has 2 fully saturated rings. The van der Waals surface area contributed by atoms with E-state index in [0.29, 0.717) is 5.92 Å². The van der Waals surface area contributed by atoms with Crippen molar-refractivity contribution in [1.82, 2.24) is 10.3 Å². The van der Waals surface area contributed by atoms with Crippen molar-refractivity contribution in [1.29, 1.82) is 0 Å². The number of nitrogens with zero attached hydrogens (tertiary/aromatic N) is 1. The summed E-state index contributed by atoms with van der Waals surface area (Å²) < 4.78 is 0. The Kier molecular flexibility index (Phi) is 2.65. The van der Waals surface area contributed by atoms with E-state index in [9.17, 15) is 4.79 Å². The Morgan fingerprint density at radius 2 is 2.38 bits per heavy atom. The zero-order valence-electron chi connectivity index (χ0n) is 9.03. The summed E-state index contributed by atoms with van der Waals surface area (Å²) in [5.41, 5.74) is 1.16. The Labute approximate surface area is 98.5 Å². The molecule has 1 aliphatic carbocycles. The number of aromatic nitrogens is 1. The van der Waals surface area contributed by atoms with Gasteiger partial charge >= 0.3 is 0 Å². The number of hydrogen-bond donors (Lipinski definition) is 2. The predicted molar refractivity (Wildman–Crippen MR) is 63.7 cm³/mol. The van der Waals surface area contributed by atoms with E-state index in [-0.39, 0.29) is 11.8 Å². The molecule has 3 rings (SSSR count). The molecule has 1 aliphatic heterocycles. The van der Waals surface area contributed by atoms with E-state index in [4.69, 9.17) is 0 Å². The minimum atomic E-state index is 0.113. The van der Waals surface area contributed by atoms with E-state index in [0.717, 1.165) is 30.3 Å².